The van der Waals surface area contributed by atoms with Crippen molar-refractivity contribution in [2.45, 2.75) is 26.3 Å². The number of hydrogen-bond acceptors (Lipinski definition) is 5. The van der Waals surface area contributed by atoms with E-state index in [1.54, 1.807) is 6.07 Å². The summed E-state index contributed by atoms with van der Waals surface area (Å²) in [5.41, 5.74) is 5.55. The number of carbonyl (C=O) groups is 1. The molecule has 0 unspecified atom stereocenters. The molecule has 0 spiro atoms. The number of anilines is 2. The number of nitrogens with zero attached hydrogens (tertiary/aromatic N) is 2. The third-order valence-corrected chi connectivity index (χ3v) is 7.07. The third-order valence-electron chi connectivity index (χ3n) is 6.76. The smallest absolute Gasteiger partial charge is 0.253 e. The Balaban J connectivity index is 1.25. The molecule has 0 atom stereocenters. The van der Waals surface area contributed by atoms with Crippen molar-refractivity contribution in [3.05, 3.63) is 68.5 Å². The fraction of sp³-hybridized carbons (Fsp3) is 0.385. The Morgan fingerprint density at radius 3 is 2.71 bits per heavy atom. The molecule has 0 aliphatic carbocycles. The van der Waals surface area contributed by atoms with Gasteiger partial charge < -0.3 is 20.5 Å². The fourth-order valence-electron chi connectivity index (χ4n) is 4.97. The van der Waals surface area contributed by atoms with E-state index in [1.807, 2.05) is 19.1 Å². The molecule has 1 amide bonds. The number of pyridine rings is 1. The van der Waals surface area contributed by atoms with Crippen molar-refractivity contribution in [1.82, 2.24) is 15.2 Å². The number of nitrogens with one attached hydrogen (secondary N) is 3. The number of aromatic nitrogens is 1. The lowest BCUT2D eigenvalue weighted by molar-refractivity contribution is 0.0956. The number of aromatic amines is 1. The van der Waals surface area contributed by atoms with Crippen LogP contribution in [0.15, 0.2) is 41.2 Å². The van der Waals surface area contributed by atoms with Gasteiger partial charge in [-0.3, -0.25) is 14.5 Å². The first-order chi connectivity index (χ1) is 16.5. The number of H-pyrrole nitrogens is 1. The van der Waals surface area contributed by atoms with Gasteiger partial charge in [0.25, 0.3) is 11.5 Å². The summed E-state index contributed by atoms with van der Waals surface area (Å²) in [5.74, 6) is -0.142. The molecule has 1 fully saturated rings. The first-order valence-corrected chi connectivity index (χ1v) is 12.4. The summed E-state index contributed by atoms with van der Waals surface area (Å²) >= 11 is 6.39. The average molecular weight is 480 g/mol. The summed E-state index contributed by atoms with van der Waals surface area (Å²) in [6.45, 7) is 7.85. The quantitative estimate of drug-likeness (QED) is 0.521. The maximum Gasteiger partial charge on any atom is 0.253 e. The predicted molar refractivity (Wildman–Crippen MR) is 138 cm³/mol. The molecule has 0 bridgehead atoms. The number of hydrogen-bond donors (Lipinski definition) is 3. The van der Waals surface area contributed by atoms with E-state index in [9.17, 15) is 9.59 Å². The van der Waals surface area contributed by atoms with E-state index in [4.69, 9.17) is 11.6 Å². The molecule has 178 valence electrons. The predicted octanol–water partition coefficient (Wildman–Crippen LogP) is 3.61. The van der Waals surface area contributed by atoms with Crippen LogP contribution in [0, 0.1) is 0 Å². The van der Waals surface area contributed by atoms with Crippen LogP contribution in [0.5, 0.6) is 0 Å². The molecule has 2 aliphatic heterocycles. The number of benzene rings is 2. The van der Waals surface area contributed by atoms with Gasteiger partial charge in [-0.05, 0) is 49.6 Å². The van der Waals surface area contributed by atoms with Crippen LogP contribution in [-0.4, -0.2) is 55.1 Å². The Bertz CT molecular complexity index is 1280. The summed E-state index contributed by atoms with van der Waals surface area (Å²) in [5, 5.41) is 7.79. The van der Waals surface area contributed by atoms with Gasteiger partial charge in [0.2, 0.25) is 0 Å². The standard InChI is InChI=1S/C26H30ClN5O2/c1-2-28-25(33)19-8-6-18(15-22(19)27)32-12-10-31(11-13-32)16-17-5-7-20-23(14-17)30-26(34)21-4-3-9-29-24(20)21/h5-8,14-15,29H,2-4,9-13,16H2,1H3,(H,28,33)(H,30,34). The highest BCUT2D eigenvalue weighted by molar-refractivity contribution is 6.34. The van der Waals surface area contributed by atoms with E-state index in [2.05, 4.69) is 43.6 Å². The third kappa shape index (κ3) is 4.50. The van der Waals surface area contributed by atoms with Crippen molar-refractivity contribution in [3.63, 3.8) is 0 Å². The van der Waals surface area contributed by atoms with E-state index in [-0.39, 0.29) is 11.5 Å². The van der Waals surface area contributed by atoms with E-state index in [0.717, 1.165) is 80.0 Å². The van der Waals surface area contributed by atoms with Crippen molar-refractivity contribution in [3.8, 4) is 0 Å². The molecule has 2 aliphatic rings. The van der Waals surface area contributed by atoms with Gasteiger partial charge in [-0.15, -0.1) is 0 Å². The maximum atomic E-state index is 12.5. The number of amides is 1. The van der Waals surface area contributed by atoms with Crippen LogP contribution in [0.1, 0.15) is 34.8 Å². The van der Waals surface area contributed by atoms with Gasteiger partial charge in [0, 0.05) is 62.5 Å². The molecule has 1 aromatic heterocycles. The zero-order chi connectivity index (χ0) is 23.7. The highest BCUT2D eigenvalue weighted by atomic mass is 35.5. The second-order valence-corrected chi connectivity index (χ2v) is 9.41. The Labute approximate surface area is 204 Å². The highest BCUT2D eigenvalue weighted by Gasteiger charge is 2.20. The van der Waals surface area contributed by atoms with Crippen LogP contribution < -0.4 is 21.1 Å². The lowest BCUT2D eigenvalue weighted by Gasteiger charge is -2.36. The molecule has 34 heavy (non-hydrogen) atoms. The highest BCUT2D eigenvalue weighted by Crippen LogP contribution is 2.29. The van der Waals surface area contributed by atoms with Gasteiger partial charge in [-0.2, -0.15) is 0 Å². The summed E-state index contributed by atoms with van der Waals surface area (Å²) in [6.07, 6.45) is 1.83. The van der Waals surface area contributed by atoms with Gasteiger partial charge in [0.05, 0.1) is 21.8 Å². The SMILES string of the molecule is CCNC(=O)c1ccc(N2CCN(Cc3ccc4c5c(c(=O)[nH]c4c3)CCCN5)CC2)cc1Cl. The summed E-state index contributed by atoms with van der Waals surface area (Å²) < 4.78 is 0. The van der Waals surface area contributed by atoms with Crippen molar-refractivity contribution >= 4 is 39.8 Å². The van der Waals surface area contributed by atoms with Gasteiger partial charge in [-0.25, -0.2) is 0 Å². The average Bonchev–Trinajstić information content (AvgIpc) is 2.84. The molecule has 5 rings (SSSR count). The Morgan fingerprint density at radius 1 is 1.12 bits per heavy atom. The molecule has 3 aromatic rings. The van der Waals surface area contributed by atoms with Gasteiger partial charge in [0.15, 0.2) is 0 Å². The van der Waals surface area contributed by atoms with Crippen LogP contribution >= 0.6 is 11.6 Å². The number of fused-ring (bicyclic) bond motifs is 3. The monoisotopic (exact) mass is 479 g/mol. The minimum absolute atomic E-state index is 0.0253. The van der Waals surface area contributed by atoms with Gasteiger partial charge >= 0.3 is 0 Å². The van der Waals surface area contributed by atoms with E-state index in [0.29, 0.717) is 17.1 Å². The molecule has 7 nitrogen and oxygen atoms in total. The molecule has 1 saturated heterocycles. The van der Waals surface area contributed by atoms with Crippen LogP contribution in [-0.2, 0) is 13.0 Å². The van der Waals surface area contributed by atoms with E-state index in [1.165, 1.54) is 5.56 Å². The van der Waals surface area contributed by atoms with E-state index < -0.39 is 0 Å². The zero-order valence-electron chi connectivity index (χ0n) is 19.4. The summed E-state index contributed by atoms with van der Waals surface area (Å²) in [4.78, 5) is 32.4. The lowest BCUT2D eigenvalue weighted by Crippen LogP contribution is -2.46. The fourth-order valence-corrected chi connectivity index (χ4v) is 5.23. The van der Waals surface area contributed by atoms with Crippen molar-refractivity contribution in [1.29, 1.82) is 0 Å². The van der Waals surface area contributed by atoms with Crippen LogP contribution in [0.2, 0.25) is 5.02 Å². The Morgan fingerprint density at radius 2 is 1.94 bits per heavy atom. The largest absolute Gasteiger partial charge is 0.384 e. The first kappa shape index (κ1) is 22.7. The van der Waals surface area contributed by atoms with Gasteiger partial charge in [-0.1, -0.05) is 23.7 Å². The van der Waals surface area contributed by atoms with E-state index >= 15 is 0 Å². The second kappa shape index (κ2) is 9.68. The van der Waals surface area contributed by atoms with Crippen LogP contribution in [0.4, 0.5) is 11.4 Å². The number of rotatable bonds is 5. The lowest BCUT2D eigenvalue weighted by atomic mass is 10.0. The van der Waals surface area contributed by atoms with Crippen molar-refractivity contribution < 1.29 is 4.79 Å². The van der Waals surface area contributed by atoms with Crippen LogP contribution in [0.3, 0.4) is 0 Å². The number of carbonyl (C=O) groups excluding carboxylic acids is 1. The molecule has 8 heteroatoms. The molecular weight excluding hydrogens is 450 g/mol. The number of piperazine rings is 1. The minimum Gasteiger partial charge on any atom is -0.384 e. The molecular formula is C26H30ClN5O2. The summed E-state index contributed by atoms with van der Waals surface area (Å²) in [6, 6.07) is 12.1. The topological polar surface area (TPSA) is 80.5 Å². The second-order valence-electron chi connectivity index (χ2n) is 9.00. The maximum absolute atomic E-state index is 12.5. The van der Waals surface area contributed by atoms with Crippen LogP contribution in [0.25, 0.3) is 10.9 Å². The normalized spacial score (nSPS) is 16.2. The van der Waals surface area contributed by atoms with Crippen molar-refractivity contribution in [2.75, 3.05) is 49.5 Å². The molecule has 3 heterocycles. The summed E-state index contributed by atoms with van der Waals surface area (Å²) in [7, 11) is 0. The Hall–Kier alpha value is -3.03. The molecule has 0 saturated carbocycles. The zero-order valence-corrected chi connectivity index (χ0v) is 20.2. The molecule has 3 N–H and O–H groups in total. The minimum atomic E-state index is -0.142. The molecule has 0 radical (unpaired) electrons. The van der Waals surface area contributed by atoms with Gasteiger partial charge in [0.1, 0.15) is 0 Å². The van der Waals surface area contributed by atoms with Crippen molar-refractivity contribution in [2.24, 2.45) is 0 Å². The number of halogens is 1. The Kier molecular flexibility index (Phi) is 6.48. The first-order valence-electron chi connectivity index (χ1n) is 12.0. The molecule has 2 aromatic carbocycles.